The second kappa shape index (κ2) is 12.9. The summed E-state index contributed by atoms with van der Waals surface area (Å²) in [7, 11) is 0. The third kappa shape index (κ3) is 6.24. The molecule has 4 aliphatic carbocycles. The Morgan fingerprint density at radius 2 is 1.49 bits per heavy atom. The largest absolute Gasteiger partial charge is 0.462 e. The Bertz CT molecular complexity index is 1060. The van der Waals surface area contributed by atoms with Gasteiger partial charge in [0.2, 0.25) is 0 Å². The van der Waals surface area contributed by atoms with E-state index in [1.807, 2.05) is 6.08 Å². The van der Waals surface area contributed by atoms with Gasteiger partial charge in [-0.05, 0) is 144 Å². The molecular weight excluding hydrogens is 556 g/mol. The normalized spacial score (nSPS) is 45.2. The zero-order valence-electron chi connectivity index (χ0n) is 30.6. The first-order valence-corrected chi connectivity index (χ1v) is 19.2. The third-order valence-corrected chi connectivity index (χ3v) is 15.4. The van der Waals surface area contributed by atoms with Crippen molar-refractivity contribution in [1.82, 2.24) is 0 Å². The molecule has 45 heavy (non-hydrogen) atoms. The van der Waals surface area contributed by atoms with Crippen molar-refractivity contribution in [2.75, 3.05) is 0 Å². The number of fused-ring (bicyclic) bond motifs is 5. The lowest BCUT2D eigenvalue weighted by atomic mass is 9.35. The molecule has 1 saturated heterocycles. The summed E-state index contributed by atoms with van der Waals surface area (Å²) in [5.41, 5.74) is 0.160. The fraction of sp³-hybridized carbons (Fsp3) is 0.927. The number of carbonyl (C=O) groups is 1. The average Bonchev–Trinajstić information content (AvgIpc) is 3.33. The molecular formula is C41H70O4. The molecule has 5 rings (SSSR count). The average molecular weight is 627 g/mol. The van der Waals surface area contributed by atoms with Gasteiger partial charge in [-0.3, -0.25) is 4.79 Å². The number of hydrogen-bond acceptors (Lipinski definition) is 4. The minimum Gasteiger partial charge on any atom is -0.462 e. The lowest BCUT2D eigenvalue weighted by Crippen LogP contribution is -2.67. The molecule has 258 valence electrons. The number of unbranched alkanes of at least 4 members (excludes halogenated alkanes) is 6. The van der Waals surface area contributed by atoms with Gasteiger partial charge in [0.1, 0.15) is 6.10 Å². The Hall–Kier alpha value is -0.870. The number of allylic oxidation sites excluding steroid dienone is 1. The Kier molecular flexibility index (Phi) is 10.1. The molecule has 10 atom stereocenters. The summed E-state index contributed by atoms with van der Waals surface area (Å²) in [6.07, 6.45) is 21.6. The van der Waals surface area contributed by atoms with Gasteiger partial charge in [-0.2, -0.15) is 0 Å². The van der Waals surface area contributed by atoms with Crippen LogP contribution in [-0.2, 0) is 14.3 Å². The van der Waals surface area contributed by atoms with Gasteiger partial charge in [-0.25, -0.2) is 0 Å². The molecule has 4 heteroatoms. The van der Waals surface area contributed by atoms with Crippen LogP contribution in [0.5, 0.6) is 0 Å². The highest BCUT2D eigenvalue weighted by molar-refractivity contribution is 5.69. The van der Waals surface area contributed by atoms with Crippen molar-refractivity contribution in [2.24, 2.45) is 45.3 Å². The van der Waals surface area contributed by atoms with E-state index < -0.39 is 0 Å². The van der Waals surface area contributed by atoms with Gasteiger partial charge in [0.15, 0.2) is 0 Å². The maximum atomic E-state index is 13.1. The van der Waals surface area contributed by atoms with Crippen LogP contribution in [0, 0.1) is 45.3 Å². The highest BCUT2D eigenvalue weighted by Gasteiger charge is 2.72. The number of aliphatic hydroxyl groups excluding tert-OH is 1. The van der Waals surface area contributed by atoms with Crippen molar-refractivity contribution < 1.29 is 19.4 Å². The van der Waals surface area contributed by atoms with Crippen LogP contribution in [0.15, 0.2) is 12.7 Å². The summed E-state index contributed by atoms with van der Waals surface area (Å²) < 4.78 is 13.3. The van der Waals surface area contributed by atoms with Crippen molar-refractivity contribution in [2.45, 2.75) is 194 Å². The standard InChI is InChI=1S/C41H70O4/c1-10-11-12-13-14-15-16-17-19-34(43)44-33-22-25-38(6)31(37(33,4)5)21-27-39(7)32(38)28-30(42)35-29(20-26-40(35,39)8)41(9)24-18-23-36(2,3)45-41/h10,29-33,35,42H,1,11-28H2,2-9H3/t29-,30+,31-,32+,33-,35-,38-,39+,40+,41+/m0/s1. The van der Waals surface area contributed by atoms with Gasteiger partial charge in [-0.1, -0.05) is 66.4 Å². The quantitative estimate of drug-likeness (QED) is 0.141. The van der Waals surface area contributed by atoms with Crippen LogP contribution in [0.25, 0.3) is 0 Å². The molecule has 4 nitrogen and oxygen atoms in total. The Morgan fingerprint density at radius 3 is 2.18 bits per heavy atom. The Morgan fingerprint density at radius 1 is 0.822 bits per heavy atom. The van der Waals surface area contributed by atoms with E-state index in [-0.39, 0.29) is 51.0 Å². The smallest absolute Gasteiger partial charge is 0.306 e. The fourth-order valence-electron chi connectivity index (χ4n) is 13.0. The highest BCUT2D eigenvalue weighted by Crippen LogP contribution is 2.76. The lowest BCUT2D eigenvalue weighted by Gasteiger charge is -2.70. The summed E-state index contributed by atoms with van der Waals surface area (Å²) >= 11 is 0. The zero-order chi connectivity index (χ0) is 32.9. The van der Waals surface area contributed by atoms with E-state index in [2.05, 4.69) is 62.0 Å². The Balaban J connectivity index is 1.25. The molecule has 0 bridgehead atoms. The summed E-state index contributed by atoms with van der Waals surface area (Å²) in [5.74, 6) is 1.71. The van der Waals surface area contributed by atoms with E-state index in [9.17, 15) is 9.90 Å². The molecule has 4 saturated carbocycles. The van der Waals surface area contributed by atoms with Gasteiger partial charge >= 0.3 is 5.97 Å². The van der Waals surface area contributed by atoms with Gasteiger partial charge in [0.05, 0.1) is 17.3 Å². The molecule has 0 amide bonds. The number of hydrogen-bond donors (Lipinski definition) is 1. The van der Waals surface area contributed by atoms with Crippen LogP contribution in [0.1, 0.15) is 171 Å². The molecule has 1 heterocycles. The van der Waals surface area contributed by atoms with Gasteiger partial charge < -0.3 is 14.6 Å². The first-order valence-electron chi connectivity index (χ1n) is 19.2. The minimum atomic E-state index is -0.276. The second-order valence-corrected chi connectivity index (χ2v) is 18.8. The highest BCUT2D eigenvalue weighted by atomic mass is 16.5. The zero-order valence-corrected chi connectivity index (χ0v) is 30.6. The molecule has 0 radical (unpaired) electrons. The fourth-order valence-corrected chi connectivity index (χ4v) is 13.0. The topological polar surface area (TPSA) is 55.8 Å². The van der Waals surface area contributed by atoms with E-state index in [1.54, 1.807) is 0 Å². The maximum Gasteiger partial charge on any atom is 0.306 e. The van der Waals surface area contributed by atoms with Gasteiger partial charge in [-0.15, -0.1) is 6.58 Å². The van der Waals surface area contributed by atoms with E-state index in [4.69, 9.17) is 9.47 Å². The van der Waals surface area contributed by atoms with Crippen LogP contribution < -0.4 is 0 Å². The minimum absolute atomic E-state index is 0.00558. The third-order valence-electron chi connectivity index (χ3n) is 15.4. The maximum absolute atomic E-state index is 13.1. The molecule has 5 aliphatic rings. The van der Waals surface area contributed by atoms with Crippen molar-refractivity contribution >= 4 is 5.97 Å². The number of rotatable bonds is 11. The van der Waals surface area contributed by atoms with Crippen LogP contribution in [0.4, 0.5) is 0 Å². The molecule has 1 N–H and O–H groups in total. The van der Waals surface area contributed by atoms with Crippen LogP contribution in [0.2, 0.25) is 0 Å². The van der Waals surface area contributed by atoms with Gasteiger partial charge in [0.25, 0.3) is 0 Å². The van der Waals surface area contributed by atoms with E-state index in [0.717, 1.165) is 51.4 Å². The molecule has 0 aromatic rings. The van der Waals surface area contributed by atoms with E-state index in [0.29, 0.717) is 30.1 Å². The van der Waals surface area contributed by atoms with Crippen molar-refractivity contribution in [3.63, 3.8) is 0 Å². The predicted octanol–water partition coefficient (Wildman–Crippen LogP) is 10.6. The molecule has 1 aliphatic heterocycles. The molecule has 0 aromatic heterocycles. The number of carbonyl (C=O) groups excluding carboxylic acids is 1. The predicted molar refractivity (Wildman–Crippen MR) is 185 cm³/mol. The monoisotopic (exact) mass is 627 g/mol. The second-order valence-electron chi connectivity index (χ2n) is 18.8. The van der Waals surface area contributed by atoms with Crippen molar-refractivity contribution in [1.29, 1.82) is 0 Å². The SMILES string of the molecule is C=CCCCCCCCCC(=O)O[C@H]1CC[C@]2(C)[C@H]3C[C@@H](O)[C@@H]4[C@@H]([C@@]5(C)CCCC(C)(C)O5)CC[C@@]4(C)[C@]3(C)CC[C@H]2C1(C)C. The number of aliphatic hydroxyl groups is 1. The van der Waals surface area contributed by atoms with Crippen molar-refractivity contribution in [3.8, 4) is 0 Å². The first kappa shape index (κ1) is 35.4. The molecule has 0 unspecified atom stereocenters. The number of esters is 1. The summed E-state index contributed by atoms with van der Waals surface area (Å²) in [6, 6.07) is 0. The van der Waals surface area contributed by atoms with Gasteiger partial charge in [0, 0.05) is 11.8 Å². The summed E-state index contributed by atoms with van der Waals surface area (Å²) in [5, 5.41) is 12.2. The molecule has 0 aromatic carbocycles. The van der Waals surface area contributed by atoms with E-state index >= 15 is 0 Å². The summed E-state index contributed by atoms with van der Waals surface area (Å²) in [4.78, 5) is 13.1. The van der Waals surface area contributed by atoms with Crippen molar-refractivity contribution in [3.05, 3.63) is 12.7 Å². The van der Waals surface area contributed by atoms with Crippen LogP contribution in [0.3, 0.4) is 0 Å². The molecule has 5 fully saturated rings. The molecule has 0 spiro atoms. The first-order chi connectivity index (χ1) is 21.0. The van der Waals surface area contributed by atoms with Crippen LogP contribution >= 0.6 is 0 Å². The number of ether oxygens (including phenoxy) is 2. The summed E-state index contributed by atoms with van der Waals surface area (Å²) in [6.45, 7) is 23.2. The Labute approximate surface area is 277 Å². The van der Waals surface area contributed by atoms with Crippen LogP contribution in [-0.4, -0.2) is 34.5 Å². The van der Waals surface area contributed by atoms with E-state index in [1.165, 1.54) is 57.8 Å². The lowest BCUT2D eigenvalue weighted by molar-refractivity contribution is -0.259.